The van der Waals surface area contributed by atoms with Crippen molar-refractivity contribution in [1.29, 1.82) is 0 Å². The summed E-state index contributed by atoms with van der Waals surface area (Å²) in [5.74, 6) is -0.195. The van der Waals surface area contributed by atoms with Crippen molar-refractivity contribution in [3.63, 3.8) is 0 Å². The molecule has 3 unspecified atom stereocenters. The van der Waals surface area contributed by atoms with Crippen LogP contribution in [-0.2, 0) is 20.3 Å². The van der Waals surface area contributed by atoms with Gasteiger partial charge in [0.25, 0.3) is 0 Å². The van der Waals surface area contributed by atoms with Crippen LogP contribution in [0.5, 0.6) is 0 Å². The molecular formula is C10H22N2O3S. The zero-order chi connectivity index (χ0) is 12.6. The van der Waals surface area contributed by atoms with Crippen LogP contribution in [0.15, 0.2) is 0 Å². The number of carbonyl (C=O) groups excluding carboxylic acids is 1. The molecule has 0 aromatic heterocycles. The summed E-state index contributed by atoms with van der Waals surface area (Å²) in [6.45, 7) is 4.92. The molecule has 0 fully saturated rings. The van der Waals surface area contributed by atoms with Gasteiger partial charge in [-0.2, -0.15) is 0 Å². The monoisotopic (exact) mass is 250 g/mol. The summed E-state index contributed by atoms with van der Waals surface area (Å²) in [6.07, 6.45) is 0.669. The minimum Gasteiger partial charge on any atom is -0.383 e. The standard InChI is InChI=1S/C10H22N2O3S/c1-8(4-5-11)16(14)9(2)10(13)12-6-7-15-3/h8-9H,4-7,11H2,1-3H3,(H,12,13). The summed E-state index contributed by atoms with van der Waals surface area (Å²) in [7, 11) is 0.389. The highest BCUT2D eigenvalue weighted by Crippen LogP contribution is 2.07. The fourth-order valence-electron chi connectivity index (χ4n) is 1.22. The minimum atomic E-state index is -1.18. The van der Waals surface area contributed by atoms with Crippen LogP contribution in [0.25, 0.3) is 0 Å². The van der Waals surface area contributed by atoms with Crippen molar-refractivity contribution < 1.29 is 13.7 Å². The van der Waals surface area contributed by atoms with E-state index in [1.54, 1.807) is 14.0 Å². The number of hydrogen-bond acceptors (Lipinski definition) is 4. The van der Waals surface area contributed by atoms with Gasteiger partial charge in [0, 0.05) is 29.7 Å². The van der Waals surface area contributed by atoms with Gasteiger partial charge in [0.05, 0.1) is 6.61 Å². The van der Waals surface area contributed by atoms with Crippen molar-refractivity contribution in [2.24, 2.45) is 5.73 Å². The molecule has 16 heavy (non-hydrogen) atoms. The van der Waals surface area contributed by atoms with E-state index in [4.69, 9.17) is 10.5 Å². The van der Waals surface area contributed by atoms with Crippen LogP contribution in [-0.4, -0.2) is 47.4 Å². The Labute approximate surface area is 99.6 Å². The average Bonchev–Trinajstić information content (AvgIpc) is 2.27. The van der Waals surface area contributed by atoms with Gasteiger partial charge in [-0.15, -0.1) is 0 Å². The summed E-state index contributed by atoms with van der Waals surface area (Å²) in [5, 5.41) is 2.12. The topological polar surface area (TPSA) is 81.4 Å². The molecule has 0 aliphatic heterocycles. The first-order valence-electron chi connectivity index (χ1n) is 5.40. The molecule has 0 aromatic carbocycles. The Hall–Kier alpha value is -0.460. The van der Waals surface area contributed by atoms with E-state index in [2.05, 4.69) is 5.32 Å². The highest BCUT2D eigenvalue weighted by molar-refractivity contribution is 7.87. The number of carbonyl (C=O) groups is 1. The Kier molecular flexibility index (Phi) is 8.42. The number of rotatable bonds is 8. The van der Waals surface area contributed by atoms with Gasteiger partial charge in [0.2, 0.25) is 5.91 Å². The first-order chi connectivity index (χ1) is 7.54. The molecule has 0 saturated carbocycles. The SMILES string of the molecule is COCCNC(=O)C(C)S(=O)C(C)CCN. The predicted molar refractivity (Wildman–Crippen MR) is 65.6 cm³/mol. The third kappa shape index (κ3) is 5.58. The Bertz CT molecular complexity index is 236. The maximum atomic E-state index is 11.9. The van der Waals surface area contributed by atoms with E-state index < -0.39 is 16.0 Å². The fraction of sp³-hybridized carbons (Fsp3) is 0.900. The maximum Gasteiger partial charge on any atom is 0.235 e. The van der Waals surface area contributed by atoms with Crippen molar-refractivity contribution in [2.45, 2.75) is 30.8 Å². The van der Waals surface area contributed by atoms with E-state index in [-0.39, 0.29) is 11.2 Å². The molecule has 0 saturated heterocycles. The van der Waals surface area contributed by atoms with E-state index in [1.807, 2.05) is 6.92 Å². The molecule has 0 radical (unpaired) electrons. The molecule has 5 nitrogen and oxygen atoms in total. The highest BCUT2D eigenvalue weighted by atomic mass is 32.2. The van der Waals surface area contributed by atoms with E-state index in [0.717, 1.165) is 0 Å². The van der Waals surface area contributed by atoms with Crippen molar-refractivity contribution >= 4 is 16.7 Å². The van der Waals surface area contributed by atoms with Crippen molar-refractivity contribution in [3.05, 3.63) is 0 Å². The smallest absolute Gasteiger partial charge is 0.235 e. The Morgan fingerprint density at radius 3 is 2.62 bits per heavy atom. The highest BCUT2D eigenvalue weighted by Gasteiger charge is 2.23. The first-order valence-corrected chi connectivity index (χ1v) is 6.68. The second kappa shape index (κ2) is 8.66. The van der Waals surface area contributed by atoms with Gasteiger partial charge in [-0.3, -0.25) is 9.00 Å². The molecule has 0 spiro atoms. The predicted octanol–water partition coefficient (Wildman–Crippen LogP) is -0.376. The van der Waals surface area contributed by atoms with Crippen LogP contribution in [0.3, 0.4) is 0 Å². The molecule has 1 amide bonds. The first kappa shape index (κ1) is 15.5. The number of hydrogen-bond donors (Lipinski definition) is 2. The third-order valence-electron chi connectivity index (χ3n) is 2.29. The molecule has 0 bridgehead atoms. The molecule has 0 aromatic rings. The zero-order valence-corrected chi connectivity index (χ0v) is 11.0. The van der Waals surface area contributed by atoms with Gasteiger partial charge in [-0.05, 0) is 19.9 Å². The van der Waals surface area contributed by atoms with Crippen molar-refractivity contribution in [3.8, 4) is 0 Å². The number of ether oxygens (including phenoxy) is 1. The van der Waals surface area contributed by atoms with Crippen LogP contribution in [0.1, 0.15) is 20.3 Å². The number of amides is 1. The second-order valence-corrected chi connectivity index (χ2v) is 5.81. The Balaban J connectivity index is 4.05. The Morgan fingerprint density at radius 1 is 1.50 bits per heavy atom. The lowest BCUT2D eigenvalue weighted by atomic mass is 10.3. The molecular weight excluding hydrogens is 228 g/mol. The van der Waals surface area contributed by atoms with Crippen molar-refractivity contribution in [2.75, 3.05) is 26.8 Å². The van der Waals surface area contributed by atoms with Gasteiger partial charge in [-0.25, -0.2) is 0 Å². The molecule has 3 atom stereocenters. The lowest BCUT2D eigenvalue weighted by Gasteiger charge is -2.16. The summed E-state index contributed by atoms with van der Waals surface area (Å²) in [5.41, 5.74) is 5.39. The molecule has 0 aliphatic carbocycles. The molecule has 0 heterocycles. The van der Waals surface area contributed by atoms with Crippen molar-refractivity contribution in [1.82, 2.24) is 5.32 Å². The quantitative estimate of drug-likeness (QED) is 0.576. The van der Waals surface area contributed by atoms with Gasteiger partial charge in [0.1, 0.15) is 5.25 Å². The van der Waals surface area contributed by atoms with Crippen LogP contribution in [0, 0.1) is 0 Å². The Morgan fingerprint density at radius 2 is 2.12 bits per heavy atom. The van der Waals surface area contributed by atoms with Crippen LogP contribution >= 0.6 is 0 Å². The molecule has 6 heteroatoms. The summed E-state index contributed by atoms with van der Waals surface area (Å²) < 4.78 is 16.7. The zero-order valence-electron chi connectivity index (χ0n) is 10.2. The van der Waals surface area contributed by atoms with Gasteiger partial charge in [-0.1, -0.05) is 6.92 Å². The van der Waals surface area contributed by atoms with E-state index in [0.29, 0.717) is 26.1 Å². The maximum absolute atomic E-state index is 11.9. The molecule has 0 aliphatic rings. The molecule has 0 rings (SSSR count). The van der Waals surface area contributed by atoms with Crippen LogP contribution in [0.4, 0.5) is 0 Å². The summed E-state index contributed by atoms with van der Waals surface area (Å²) in [6, 6.07) is 0. The molecule has 96 valence electrons. The summed E-state index contributed by atoms with van der Waals surface area (Å²) in [4.78, 5) is 11.6. The lowest BCUT2D eigenvalue weighted by molar-refractivity contribution is -0.120. The normalized spacial score (nSPS) is 16.5. The molecule has 3 N–H and O–H groups in total. The largest absolute Gasteiger partial charge is 0.383 e. The van der Waals surface area contributed by atoms with Gasteiger partial charge >= 0.3 is 0 Å². The van der Waals surface area contributed by atoms with Gasteiger partial charge in [0.15, 0.2) is 0 Å². The van der Waals surface area contributed by atoms with Gasteiger partial charge < -0.3 is 15.8 Å². The minimum absolute atomic E-state index is 0.0480. The number of nitrogens with one attached hydrogen (secondary N) is 1. The second-order valence-electron chi connectivity index (χ2n) is 3.64. The van der Waals surface area contributed by atoms with Crippen LogP contribution in [0.2, 0.25) is 0 Å². The van der Waals surface area contributed by atoms with E-state index in [9.17, 15) is 9.00 Å². The summed E-state index contributed by atoms with van der Waals surface area (Å²) >= 11 is 0. The van der Waals surface area contributed by atoms with E-state index in [1.165, 1.54) is 0 Å². The van der Waals surface area contributed by atoms with E-state index >= 15 is 0 Å². The number of nitrogens with two attached hydrogens (primary N) is 1. The van der Waals surface area contributed by atoms with Crippen LogP contribution < -0.4 is 11.1 Å². The lowest BCUT2D eigenvalue weighted by Crippen LogP contribution is -2.39. The fourth-order valence-corrected chi connectivity index (χ4v) is 2.58. The number of methoxy groups -OCH3 is 1. The average molecular weight is 250 g/mol. The third-order valence-corrected chi connectivity index (χ3v) is 4.23.